The average molecular weight is 1030 g/mol. The molecule has 2 bridgehead atoms. The number of carbonyl (C=O) groups excluding carboxylic acids is 1. The topological polar surface area (TPSA) is 107 Å². The van der Waals surface area contributed by atoms with Crippen LogP contribution in [0.3, 0.4) is 0 Å². The number of ether oxygens (including phenoxy) is 4. The van der Waals surface area contributed by atoms with Gasteiger partial charge in [-0.15, -0.1) is 6.42 Å². The zero-order valence-corrected chi connectivity index (χ0v) is 44.4. The number of hydrogen-bond acceptors (Lipinski definition) is 10. The van der Waals surface area contributed by atoms with Crippen molar-refractivity contribution in [2.75, 3.05) is 50.9 Å². The third-order valence-electron chi connectivity index (χ3n) is 15.9. The van der Waals surface area contributed by atoms with Crippen LogP contribution >= 0.6 is 0 Å². The fraction of sp³-hybridized carbons (Fsp3) is 0.344. The average Bonchev–Trinajstić information content (AvgIpc) is 4.09. The second-order valence-corrected chi connectivity index (χ2v) is 22.1. The Morgan fingerprint density at radius 2 is 1.47 bits per heavy atom. The van der Waals surface area contributed by atoms with Crippen LogP contribution in [0.25, 0.3) is 32.9 Å². The SMILES string of the molecule is C#Cc1ccc(COc2c(-c3c(C)c(F)cc4nn(C(c5ccccc5)(c5ccccc5)c5ccccc5)cc34)c(C3CC3)cc3c(N4C[C@@H]5C[C@H]4CN5C(=O)OC(C)(C)C)nc(OC[C@H](C)N4CCOCC4)nc23)cc1. The number of hydrogen-bond donors (Lipinski definition) is 0. The monoisotopic (exact) mass is 1030 g/mol. The number of carbonyl (C=O) groups is 1. The van der Waals surface area contributed by atoms with Crippen LogP contribution in [0.4, 0.5) is 15.0 Å². The van der Waals surface area contributed by atoms with E-state index >= 15 is 4.39 Å². The Morgan fingerprint density at radius 3 is 2.05 bits per heavy atom. The van der Waals surface area contributed by atoms with Gasteiger partial charge in [-0.25, -0.2) is 9.18 Å². The van der Waals surface area contributed by atoms with Crippen molar-refractivity contribution in [3.63, 3.8) is 0 Å². The van der Waals surface area contributed by atoms with Crippen LogP contribution in [0.2, 0.25) is 0 Å². The lowest BCUT2D eigenvalue weighted by atomic mass is 9.77. The summed E-state index contributed by atoms with van der Waals surface area (Å²) in [6.45, 7) is 14.2. The van der Waals surface area contributed by atoms with Gasteiger partial charge < -0.3 is 28.7 Å². The first-order valence-electron chi connectivity index (χ1n) is 27.0. The lowest BCUT2D eigenvalue weighted by molar-refractivity contribution is 0.00973. The van der Waals surface area contributed by atoms with Crippen molar-refractivity contribution < 1.29 is 28.1 Å². The van der Waals surface area contributed by atoms with Gasteiger partial charge in [0.05, 0.1) is 30.8 Å². The number of benzene rings is 6. The van der Waals surface area contributed by atoms with Crippen molar-refractivity contribution >= 4 is 33.7 Å². The quantitative estimate of drug-likeness (QED) is 0.0772. The Morgan fingerprint density at radius 1 is 0.818 bits per heavy atom. The Labute approximate surface area is 449 Å². The summed E-state index contributed by atoms with van der Waals surface area (Å²) in [5.41, 5.74) is 7.07. The third kappa shape index (κ3) is 9.42. The zero-order valence-electron chi connectivity index (χ0n) is 44.4. The van der Waals surface area contributed by atoms with E-state index in [9.17, 15) is 4.79 Å². The van der Waals surface area contributed by atoms with Gasteiger partial charge in [0.1, 0.15) is 41.5 Å². The number of amides is 1. The Bertz CT molecular complexity index is 3420. The highest BCUT2D eigenvalue weighted by Gasteiger charge is 2.48. The van der Waals surface area contributed by atoms with Crippen molar-refractivity contribution in [3.05, 3.63) is 178 Å². The molecule has 3 atom stereocenters. The first-order chi connectivity index (χ1) is 37.4. The van der Waals surface area contributed by atoms with E-state index in [1.807, 2.05) is 79.7 Å². The van der Waals surface area contributed by atoms with Gasteiger partial charge in [0, 0.05) is 71.9 Å². The molecule has 1 amide bonds. The molecule has 3 saturated heterocycles. The van der Waals surface area contributed by atoms with E-state index in [-0.39, 0.29) is 48.6 Å². The molecular formula is C64H64FN7O5. The van der Waals surface area contributed by atoms with Crippen molar-refractivity contribution in [2.24, 2.45) is 0 Å². The van der Waals surface area contributed by atoms with Crippen molar-refractivity contribution in [2.45, 2.75) is 95.7 Å². The molecule has 8 aromatic rings. The number of likely N-dealkylation sites (tertiary alicyclic amines) is 1. The number of nitrogens with zero attached hydrogens (tertiary/aromatic N) is 7. The maximum absolute atomic E-state index is 17.3. The van der Waals surface area contributed by atoms with Crippen molar-refractivity contribution in [1.29, 1.82) is 0 Å². The molecule has 13 heteroatoms. The largest absolute Gasteiger partial charge is 0.486 e. The van der Waals surface area contributed by atoms with Crippen molar-refractivity contribution in [3.8, 4) is 35.2 Å². The molecule has 0 N–H and O–H groups in total. The van der Waals surface area contributed by atoms with Gasteiger partial charge >= 0.3 is 12.1 Å². The van der Waals surface area contributed by atoms with Gasteiger partial charge in [-0.3, -0.25) is 9.58 Å². The second-order valence-electron chi connectivity index (χ2n) is 22.1. The minimum atomic E-state index is -0.960. The lowest BCUT2D eigenvalue weighted by Crippen LogP contribution is -2.50. The molecule has 1 aliphatic carbocycles. The predicted octanol–water partition coefficient (Wildman–Crippen LogP) is 11.7. The molecule has 77 heavy (non-hydrogen) atoms. The fourth-order valence-corrected chi connectivity index (χ4v) is 11.9. The molecule has 6 aromatic carbocycles. The number of fused-ring (bicyclic) bond motifs is 4. The number of anilines is 1. The number of aromatic nitrogens is 4. The first kappa shape index (κ1) is 50.1. The van der Waals surface area contributed by atoms with Crippen LogP contribution in [0.5, 0.6) is 11.8 Å². The van der Waals surface area contributed by atoms with E-state index in [0.29, 0.717) is 66.6 Å². The van der Waals surface area contributed by atoms with Gasteiger partial charge in [0.25, 0.3) is 0 Å². The predicted molar refractivity (Wildman–Crippen MR) is 298 cm³/mol. The highest BCUT2D eigenvalue weighted by atomic mass is 19.1. The van der Waals surface area contributed by atoms with Gasteiger partial charge in [0.15, 0.2) is 5.75 Å². The summed E-state index contributed by atoms with van der Waals surface area (Å²) < 4.78 is 44.9. The molecule has 4 aliphatic rings. The number of morpholine rings is 1. The number of rotatable bonds is 14. The molecule has 4 fully saturated rings. The van der Waals surface area contributed by atoms with Crippen molar-refractivity contribution in [1.82, 2.24) is 29.5 Å². The summed E-state index contributed by atoms with van der Waals surface area (Å²) in [4.78, 5) is 30.8. The van der Waals surface area contributed by atoms with E-state index in [4.69, 9.17) is 40.4 Å². The molecule has 0 spiro atoms. The van der Waals surface area contributed by atoms with Crippen LogP contribution in [0.15, 0.2) is 134 Å². The maximum Gasteiger partial charge on any atom is 0.410 e. The summed E-state index contributed by atoms with van der Waals surface area (Å²) >= 11 is 0. The maximum atomic E-state index is 17.3. The highest BCUT2D eigenvalue weighted by Crippen LogP contribution is 2.54. The van der Waals surface area contributed by atoms with Gasteiger partial charge in [0.2, 0.25) is 0 Å². The smallest absolute Gasteiger partial charge is 0.410 e. The summed E-state index contributed by atoms with van der Waals surface area (Å²) in [6, 6.07) is 42.9. The van der Waals surface area contributed by atoms with Crippen LogP contribution in [0, 0.1) is 25.1 Å². The molecular weight excluding hydrogens is 966 g/mol. The summed E-state index contributed by atoms with van der Waals surface area (Å²) in [7, 11) is 0. The highest BCUT2D eigenvalue weighted by molar-refractivity contribution is 6.06. The van der Waals surface area contributed by atoms with Crippen LogP contribution < -0.4 is 14.4 Å². The van der Waals surface area contributed by atoms with E-state index in [2.05, 4.69) is 108 Å². The molecule has 392 valence electrons. The van der Waals surface area contributed by atoms with E-state index < -0.39 is 11.1 Å². The zero-order chi connectivity index (χ0) is 53.0. The third-order valence-corrected chi connectivity index (χ3v) is 15.9. The normalized spacial score (nSPS) is 18.2. The molecule has 1 saturated carbocycles. The summed E-state index contributed by atoms with van der Waals surface area (Å²) in [5, 5.41) is 7.00. The Balaban J connectivity index is 1.09. The van der Waals surface area contributed by atoms with Gasteiger partial charge in [-0.1, -0.05) is 109 Å². The molecule has 12 nitrogen and oxygen atoms in total. The minimum absolute atomic E-state index is 0.0381. The minimum Gasteiger partial charge on any atom is -0.486 e. The first-order valence-corrected chi connectivity index (χ1v) is 27.0. The molecule has 0 radical (unpaired) electrons. The Kier molecular flexibility index (Phi) is 13.2. The number of terminal acetylenes is 1. The van der Waals surface area contributed by atoms with Gasteiger partial charge in [-0.2, -0.15) is 15.1 Å². The molecule has 3 aliphatic heterocycles. The van der Waals surface area contributed by atoms with E-state index in [1.54, 1.807) is 6.07 Å². The number of piperazine rings is 1. The van der Waals surface area contributed by atoms with Gasteiger partial charge in [-0.05, 0) is 111 Å². The Hall–Kier alpha value is -7.79. The standard InChI is InChI=1S/C64H64FN7O5/c1-7-43-23-25-44(26-24-43)40-75-59-57(56-42(3)54(65)35-55-53(56)38-72(68-55)64(46-17-11-8-12-18-46,47-19-13-9-14-20-47)48-21-15-10-16-22-48)51(45-27-28-45)34-52-58(59)66-61(76-39-41(2)69-29-31-74-32-30-69)67-60(52)70-36-50-33-49(70)37-71(50)62(73)77-63(4,5)6/h1,8-26,34-35,38,41,45,49-50H,27-33,36-37,39-40H2,2-6H3/t41-,49-,50-/m0/s1. The number of halogens is 1. The van der Waals surface area contributed by atoms with E-state index in [1.165, 1.54) is 0 Å². The van der Waals surface area contributed by atoms with Crippen LogP contribution in [-0.2, 0) is 21.6 Å². The van der Waals surface area contributed by atoms with E-state index in [0.717, 1.165) is 82.1 Å². The summed E-state index contributed by atoms with van der Waals surface area (Å²) in [6.07, 6.45) is 10.2. The molecule has 5 heterocycles. The molecule has 0 unspecified atom stereocenters. The van der Waals surface area contributed by atoms with Crippen LogP contribution in [-0.4, -0.2) is 105 Å². The second kappa shape index (κ2) is 20.3. The molecule has 12 rings (SSSR count). The fourth-order valence-electron chi connectivity index (χ4n) is 11.9. The van der Waals surface area contributed by atoms with Crippen LogP contribution in [0.1, 0.15) is 91.8 Å². The lowest BCUT2D eigenvalue weighted by Gasteiger charge is -2.36. The summed E-state index contributed by atoms with van der Waals surface area (Å²) in [5.74, 6) is 3.71. The molecule has 2 aromatic heterocycles.